The number of halogens is 2. The van der Waals surface area contributed by atoms with Crippen LogP contribution in [0, 0.1) is 0 Å². The van der Waals surface area contributed by atoms with Crippen molar-refractivity contribution in [3.8, 4) is 0 Å². The smallest absolute Gasteiger partial charge is 0.289 e. The lowest BCUT2D eigenvalue weighted by atomic mass is 10.1. The van der Waals surface area contributed by atoms with Crippen LogP contribution in [0.4, 0.5) is 5.69 Å². The summed E-state index contributed by atoms with van der Waals surface area (Å²) in [4.78, 5) is 53.1. The van der Waals surface area contributed by atoms with E-state index in [0.29, 0.717) is 26.9 Å². The summed E-state index contributed by atoms with van der Waals surface area (Å²) in [5, 5.41) is 0.707. The first-order valence-corrected chi connectivity index (χ1v) is 10.1. The van der Waals surface area contributed by atoms with Gasteiger partial charge in [0.1, 0.15) is 0 Å². The Morgan fingerprint density at radius 2 is 1.42 bits per heavy atom. The van der Waals surface area contributed by atoms with Crippen molar-refractivity contribution in [1.29, 1.82) is 0 Å². The lowest BCUT2D eigenvalue weighted by Crippen LogP contribution is -2.37. The van der Waals surface area contributed by atoms with Crippen molar-refractivity contribution < 1.29 is 19.2 Å². The Morgan fingerprint density at radius 1 is 0.806 bits per heavy atom. The van der Waals surface area contributed by atoms with E-state index in [0.717, 1.165) is 4.90 Å². The number of anilines is 1. The second-order valence-corrected chi connectivity index (χ2v) is 8.09. The molecule has 0 unspecified atom stereocenters. The minimum Gasteiger partial charge on any atom is -0.345 e. The van der Waals surface area contributed by atoms with Crippen LogP contribution in [-0.4, -0.2) is 61.5 Å². The van der Waals surface area contributed by atoms with Crippen molar-refractivity contribution in [2.24, 2.45) is 0 Å². The normalized spacial score (nSPS) is 10.4. The van der Waals surface area contributed by atoms with Crippen LogP contribution in [0.2, 0.25) is 10.0 Å². The second kappa shape index (κ2) is 10.4. The van der Waals surface area contributed by atoms with Gasteiger partial charge in [0.2, 0.25) is 11.7 Å². The Kier molecular flexibility index (Phi) is 8.19. The third kappa shape index (κ3) is 6.29. The van der Waals surface area contributed by atoms with Gasteiger partial charge in [0.25, 0.3) is 11.8 Å². The molecular formula is C22H23Cl2N3O4. The van der Waals surface area contributed by atoms with Gasteiger partial charge in [-0.05, 0) is 42.0 Å². The highest BCUT2D eigenvalue weighted by atomic mass is 35.5. The van der Waals surface area contributed by atoms with Crippen molar-refractivity contribution in [3.63, 3.8) is 0 Å². The summed E-state index contributed by atoms with van der Waals surface area (Å²) in [6.45, 7) is 0.0974. The molecule has 0 heterocycles. The van der Waals surface area contributed by atoms with E-state index in [4.69, 9.17) is 23.2 Å². The summed E-state index contributed by atoms with van der Waals surface area (Å²) in [5.41, 5.74) is 1.61. The van der Waals surface area contributed by atoms with Crippen molar-refractivity contribution in [2.75, 3.05) is 33.1 Å². The highest BCUT2D eigenvalue weighted by Gasteiger charge is 2.25. The number of likely N-dealkylation sites (N-methyl/N-ethyl adjacent to an activating group) is 1. The van der Waals surface area contributed by atoms with Gasteiger partial charge >= 0.3 is 0 Å². The van der Waals surface area contributed by atoms with Crippen LogP contribution in [0.5, 0.6) is 0 Å². The van der Waals surface area contributed by atoms with Crippen LogP contribution in [0.15, 0.2) is 42.5 Å². The average molecular weight is 464 g/mol. The molecule has 0 bridgehead atoms. The van der Waals surface area contributed by atoms with E-state index in [-0.39, 0.29) is 12.5 Å². The molecule has 0 fully saturated rings. The van der Waals surface area contributed by atoms with E-state index in [1.54, 1.807) is 56.6 Å². The Hall–Kier alpha value is -2.90. The third-order valence-electron chi connectivity index (χ3n) is 4.41. The Labute approximate surface area is 191 Å². The predicted octanol–water partition coefficient (Wildman–Crippen LogP) is 3.28. The SMILES string of the molecule is CN(C)C(=O)C(=O)CC(=O)N(Cc1ccc(Cl)c(Cl)c1)c1ccc(C(=O)N(C)C)cc1. The zero-order chi connectivity index (χ0) is 23.3. The van der Waals surface area contributed by atoms with Crippen LogP contribution >= 0.6 is 23.2 Å². The minimum absolute atomic E-state index is 0.0974. The quantitative estimate of drug-likeness (QED) is 0.466. The van der Waals surface area contributed by atoms with Gasteiger partial charge in [-0.2, -0.15) is 0 Å². The highest BCUT2D eigenvalue weighted by molar-refractivity contribution is 6.42. The number of hydrogen-bond donors (Lipinski definition) is 0. The van der Waals surface area contributed by atoms with E-state index < -0.39 is 24.0 Å². The van der Waals surface area contributed by atoms with Crippen LogP contribution in [0.1, 0.15) is 22.3 Å². The first kappa shape index (κ1) is 24.4. The molecule has 0 aliphatic rings. The van der Waals surface area contributed by atoms with Gasteiger partial charge < -0.3 is 14.7 Å². The molecule has 2 aromatic carbocycles. The molecule has 0 aromatic heterocycles. The number of benzene rings is 2. The summed E-state index contributed by atoms with van der Waals surface area (Å²) >= 11 is 12.1. The first-order valence-electron chi connectivity index (χ1n) is 9.31. The first-order chi connectivity index (χ1) is 14.5. The Morgan fingerprint density at radius 3 is 1.94 bits per heavy atom. The predicted molar refractivity (Wildman–Crippen MR) is 120 cm³/mol. The zero-order valence-electron chi connectivity index (χ0n) is 17.7. The van der Waals surface area contributed by atoms with Gasteiger partial charge in [0.15, 0.2) is 0 Å². The highest BCUT2D eigenvalue weighted by Crippen LogP contribution is 2.25. The van der Waals surface area contributed by atoms with Gasteiger partial charge in [-0.25, -0.2) is 0 Å². The molecule has 0 radical (unpaired) electrons. The lowest BCUT2D eigenvalue weighted by Gasteiger charge is -2.24. The van der Waals surface area contributed by atoms with E-state index in [9.17, 15) is 19.2 Å². The number of amides is 3. The van der Waals surface area contributed by atoms with Crippen LogP contribution in [0.3, 0.4) is 0 Å². The van der Waals surface area contributed by atoms with E-state index in [2.05, 4.69) is 0 Å². The molecular weight excluding hydrogens is 441 g/mol. The molecule has 0 atom stereocenters. The summed E-state index contributed by atoms with van der Waals surface area (Å²) in [7, 11) is 6.17. The zero-order valence-corrected chi connectivity index (χ0v) is 19.2. The van der Waals surface area contributed by atoms with Crippen molar-refractivity contribution in [2.45, 2.75) is 13.0 Å². The van der Waals surface area contributed by atoms with Crippen LogP contribution < -0.4 is 4.90 Å². The van der Waals surface area contributed by atoms with Gasteiger partial charge in [-0.3, -0.25) is 19.2 Å². The molecule has 2 aromatic rings. The number of rotatable bonds is 7. The third-order valence-corrected chi connectivity index (χ3v) is 5.15. The fourth-order valence-electron chi connectivity index (χ4n) is 2.74. The number of ketones is 1. The van der Waals surface area contributed by atoms with Crippen LogP contribution in [-0.2, 0) is 20.9 Å². The number of carbonyl (C=O) groups is 4. The molecule has 7 nitrogen and oxygen atoms in total. The molecule has 0 saturated carbocycles. The van der Waals surface area contributed by atoms with E-state index >= 15 is 0 Å². The average Bonchev–Trinajstić information content (AvgIpc) is 2.73. The number of nitrogens with zero attached hydrogens (tertiary/aromatic N) is 3. The monoisotopic (exact) mass is 463 g/mol. The fourth-order valence-corrected chi connectivity index (χ4v) is 3.06. The standard InChI is InChI=1S/C22H23Cl2N3O4/c1-25(2)21(30)15-6-8-16(9-7-15)27(13-14-5-10-17(23)18(24)11-14)20(29)12-19(28)22(31)26(3)4/h5-11H,12-13H2,1-4H3. The molecule has 164 valence electrons. The van der Waals surface area contributed by atoms with Gasteiger partial charge in [-0.1, -0.05) is 29.3 Å². The molecule has 0 aliphatic heterocycles. The molecule has 31 heavy (non-hydrogen) atoms. The Balaban J connectivity index is 2.36. The van der Waals surface area contributed by atoms with Crippen molar-refractivity contribution in [1.82, 2.24) is 9.80 Å². The molecule has 0 N–H and O–H groups in total. The maximum absolute atomic E-state index is 13.0. The molecule has 0 aliphatic carbocycles. The molecule has 0 saturated heterocycles. The van der Waals surface area contributed by atoms with Gasteiger partial charge in [-0.15, -0.1) is 0 Å². The summed E-state index contributed by atoms with van der Waals surface area (Å²) in [5.74, 6) is -2.30. The van der Waals surface area contributed by atoms with Gasteiger partial charge in [0.05, 0.1) is 23.0 Å². The van der Waals surface area contributed by atoms with E-state index in [1.807, 2.05) is 0 Å². The van der Waals surface area contributed by atoms with E-state index in [1.165, 1.54) is 23.9 Å². The molecule has 9 heteroatoms. The lowest BCUT2D eigenvalue weighted by molar-refractivity contribution is -0.144. The van der Waals surface area contributed by atoms with Crippen molar-refractivity contribution in [3.05, 3.63) is 63.6 Å². The summed E-state index contributed by atoms with van der Waals surface area (Å²) in [6, 6.07) is 11.4. The maximum atomic E-state index is 13.0. The number of hydrogen-bond acceptors (Lipinski definition) is 4. The van der Waals surface area contributed by atoms with Gasteiger partial charge in [0, 0.05) is 39.4 Å². The largest absolute Gasteiger partial charge is 0.345 e. The fraction of sp³-hybridized carbons (Fsp3) is 0.273. The molecule has 2 rings (SSSR count). The molecule has 0 spiro atoms. The number of carbonyl (C=O) groups excluding carboxylic acids is 4. The summed E-state index contributed by atoms with van der Waals surface area (Å²) in [6.07, 6.45) is -0.587. The minimum atomic E-state index is -0.812. The second-order valence-electron chi connectivity index (χ2n) is 7.27. The molecule has 3 amide bonds. The van der Waals surface area contributed by atoms with Crippen molar-refractivity contribution >= 4 is 52.4 Å². The Bertz CT molecular complexity index is 1000. The number of Topliss-reactive ketones (excluding diaryl/α,β-unsaturated/α-hetero) is 1. The summed E-state index contributed by atoms with van der Waals surface area (Å²) < 4.78 is 0. The van der Waals surface area contributed by atoms with Crippen LogP contribution in [0.25, 0.3) is 0 Å². The maximum Gasteiger partial charge on any atom is 0.289 e. The topological polar surface area (TPSA) is 78.0 Å².